The zero-order valence-electron chi connectivity index (χ0n) is 22.3. The number of thioether (sulfide) groups is 1. The normalized spacial score (nSPS) is 22.3. The van der Waals surface area contributed by atoms with Crippen LogP contribution in [0.15, 0.2) is 47.4 Å². The number of fused-ring (bicyclic) bond motifs is 4. The summed E-state index contributed by atoms with van der Waals surface area (Å²) in [6.45, 7) is 12.5. The third-order valence-corrected chi connectivity index (χ3v) is 8.13. The molecule has 1 N–H and O–H groups in total. The Morgan fingerprint density at radius 1 is 0.842 bits per heavy atom. The van der Waals surface area contributed by atoms with Crippen LogP contribution in [0.3, 0.4) is 0 Å². The minimum Gasteiger partial charge on any atom is -0.477 e. The minimum atomic E-state index is -0.970. The number of hydrogen-bond donors (Lipinski definition) is 1. The van der Waals surface area contributed by atoms with Crippen LogP contribution in [0.2, 0.25) is 0 Å². The third kappa shape index (κ3) is 9.37. The second-order valence-electron chi connectivity index (χ2n) is 10.3. The number of aromatic nitrogens is 1. The topological polar surface area (TPSA) is 86.9 Å². The lowest BCUT2D eigenvalue weighted by Gasteiger charge is -2.29. The number of nitrogens with zero attached hydrogens (tertiary/aromatic N) is 6. The highest BCUT2D eigenvalue weighted by molar-refractivity contribution is 8.03. The summed E-state index contributed by atoms with van der Waals surface area (Å²) < 4.78 is 0. The zero-order chi connectivity index (χ0) is 26.6. The number of nitriles is 1. The zero-order valence-corrected chi connectivity index (χ0v) is 23.1. The van der Waals surface area contributed by atoms with Gasteiger partial charge in [-0.1, -0.05) is 18.2 Å². The number of carboxylic acid groups (broad SMARTS) is 1. The van der Waals surface area contributed by atoms with Crippen LogP contribution >= 0.6 is 11.8 Å². The molecular weight excluding hydrogens is 496 g/mol. The van der Waals surface area contributed by atoms with Crippen LogP contribution in [0.1, 0.15) is 41.0 Å². The van der Waals surface area contributed by atoms with Gasteiger partial charge in [0, 0.05) is 44.2 Å². The highest BCUT2D eigenvalue weighted by Gasteiger charge is 2.18. The molecule has 0 aliphatic carbocycles. The predicted molar refractivity (Wildman–Crippen MR) is 151 cm³/mol. The highest BCUT2D eigenvalue weighted by atomic mass is 32.2. The summed E-state index contributed by atoms with van der Waals surface area (Å²) in [5.41, 5.74) is 2.28. The Labute approximate surface area is 231 Å². The lowest BCUT2D eigenvalue weighted by atomic mass is 10.1. The van der Waals surface area contributed by atoms with Gasteiger partial charge in [-0.3, -0.25) is 4.90 Å². The van der Waals surface area contributed by atoms with Gasteiger partial charge < -0.3 is 19.8 Å². The van der Waals surface area contributed by atoms with E-state index in [1.807, 2.05) is 6.07 Å². The molecule has 2 fully saturated rings. The van der Waals surface area contributed by atoms with E-state index in [2.05, 4.69) is 54.3 Å². The molecule has 2 unspecified atom stereocenters. The van der Waals surface area contributed by atoms with Gasteiger partial charge in [0.05, 0.1) is 5.69 Å². The molecule has 0 spiro atoms. The fraction of sp³-hybridized carbons (Fsp3) is 0.552. The van der Waals surface area contributed by atoms with Crippen LogP contribution in [0.5, 0.6) is 0 Å². The third-order valence-electron chi connectivity index (χ3n) is 7.53. The number of aromatic carboxylic acids is 1. The fourth-order valence-corrected chi connectivity index (χ4v) is 5.75. The van der Waals surface area contributed by atoms with E-state index < -0.39 is 5.97 Å². The second-order valence-corrected chi connectivity index (χ2v) is 11.1. The Bertz CT molecular complexity index is 1060. The van der Waals surface area contributed by atoms with E-state index in [1.165, 1.54) is 30.2 Å². The van der Waals surface area contributed by atoms with E-state index >= 15 is 0 Å². The summed E-state index contributed by atoms with van der Waals surface area (Å²) in [6.07, 6.45) is 4.51. The first-order valence-electron chi connectivity index (χ1n) is 13.8. The maximum atomic E-state index is 11.4. The molecule has 8 nitrogen and oxygen atoms in total. The molecule has 1 aromatic carbocycles. The lowest BCUT2D eigenvalue weighted by Crippen LogP contribution is -2.39. The van der Waals surface area contributed by atoms with Crippen LogP contribution in [-0.4, -0.2) is 108 Å². The number of benzene rings is 1. The van der Waals surface area contributed by atoms with Crippen molar-refractivity contribution in [3.63, 3.8) is 0 Å². The first kappa shape index (κ1) is 28.5. The van der Waals surface area contributed by atoms with Crippen LogP contribution in [0.4, 0.5) is 0 Å². The minimum absolute atomic E-state index is 0.120. The van der Waals surface area contributed by atoms with Crippen molar-refractivity contribution in [2.75, 3.05) is 72.0 Å². The SMILES string of the molecule is N#CSc1ccc(CCN2CCCN3CCCN(CCCN(Cc4cccc(C(=O)O)n4)CC3)CC2)cc1. The van der Waals surface area contributed by atoms with Crippen LogP contribution in [0, 0.1) is 10.7 Å². The summed E-state index contributed by atoms with van der Waals surface area (Å²) in [5.74, 6) is -0.970. The predicted octanol–water partition coefficient (Wildman–Crippen LogP) is 3.50. The molecule has 1 aromatic heterocycles. The Hall–Kier alpha value is -2.48. The number of carbonyl (C=O) groups is 1. The maximum Gasteiger partial charge on any atom is 0.354 e. The molecule has 0 amide bonds. The fourth-order valence-electron chi connectivity index (χ4n) is 5.38. The number of rotatable bonds is 7. The molecule has 2 aromatic rings. The molecule has 0 radical (unpaired) electrons. The van der Waals surface area contributed by atoms with E-state index in [-0.39, 0.29) is 5.69 Å². The molecule has 2 aliphatic heterocycles. The van der Waals surface area contributed by atoms with E-state index in [4.69, 9.17) is 5.26 Å². The monoisotopic (exact) mass is 536 g/mol. The first-order valence-corrected chi connectivity index (χ1v) is 14.6. The molecule has 2 aliphatic rings. The molecule has 4 rings (SSSR count). The standard InChI is InChI=1S/C29H40N6O2S/c30-24-38-27-9-7-25(8-10-27)11-18-34-16-3-14-33-13-2-12-32(19-20-34)15-4-17-35(22-21-33)23-26-5-1-6-28(31-26)29(36)37/h1,5-10H,2-4,11-23H2,(H,36,37). The Kier molecular flexibility index (Phi) is 11.4. The molecule has 2 saturated heterocycles. The molecule has 204 valence electrons. The molecular formula is C29H40N6O2S. The molecule has 38 heavy (non-hydrogen) atoms. The Morgan fingerprint density at radius 2 is 1.47 bits per heavy atom. The van der Waals surface area contributed by atoms with Crippen LogP contribution in [0.25, 0.3) is 0 Å². The van der Waals surface area contributed by atoms with Crippen molar-refractivity contribution >= 4 is 17.7 Å². The van der Waals surface area contributed by atoms with Gasteiger partial charge in [0.15, 0.2) is 0 Å². The summed E-state index contributed by atoms with van der Waals surface area (Å²) in [5, 5.41) is 20.3. The van der Waals surface area contributed by atoms with Crippen molar-refractivity contribution in [3.8, 4) is 5.40 Å². The van der Waals surface area contributed by atoms with Crippen LogP contribution in [-0.2, 0) is 13.0 Å². The quantitative estimate of drug-likeness (QED) is 0.422. The van der Waals surface area contributed by atoms with Crippen molar-refractivity contribution in [1.29, 1.82) is 5.26 Å². The average molecular weight is 537 g/mol. The van der Waals surface area contributed by atoms with E-state index in [9.17, 15) is 9.90 Å². The van der Waals surface area contributed by atoms with Gasteiger partial charge in [-0.05, 0) is 107 Å². The Balaban J connectivity index is 1.34. The van der Waals surface area contributed by atoms with Gasteiger partial charge in [0.2, 0.25) is 0 Å². The number of hydrogen-bond acceptors (Lipinski definition) is 8. The van der Waals surface area contributed by atoms with E-state index in [0.717, 1.165) is 95.4 Å². The second kappa shape index (κ2) is 15.2. The van der Waals surface area contributed by atoms with E-state index in [0.29, 0.717) is 6.54 Å². The molecule has 0 saturated carbocycles. The summed E-state index contributed by atoms with van der Waals surface area (Å²) in [7, 11) is 0. The van der Waals surface area contributed by atoms with Crippen molar-refractivity contribution in [3.05, 3.63) is 59.4 Å². The molecule has 9 heteroatoms. The number of carboxylic acids is 1. The molecule has 2 atom stereocenters. The van der Waals surface area contributed by atoms with Gasteiger partial charge in [0.25, 0.3) is 0 Å². The Morgan fingerprint density at radius 3 is 2.13 bits per heavy atom. The van der Waals surface area contributed by atoms with Crippen molar-refractivity contribution in [1.82, 2.24) is 24.6 Å². The smallest absolute Gasteiger partial charge is 0.354 e. The summed E-state index contributed by atoms with van der Waals surface area (Å²) in [4.78, 5) is 27.1. The first-order chi connectivity index (χ1) is 18.6. The summed E-state index contributed by atoms with van der Waals surface area (Å²) in [6, 6.07) is 13.7. The van der Waals surface area contributed by atoms with Crippen molar-refractivity contribution in [2.24, 2.45) is 0 Å². The van der Waals surface area contributed by atoms with E-state index in [1.54, 1.807) is 12.1 Å². The largest absolute Gasteiger partial charge is 0.477 e. The highest BCUT2D eigenvalue weighted by Crippen LogP contribution is 2.17. The summed E-state index contributed by atoms with van der Waals surface area (Å²) >= 11 is 1.21. The number of pyridine rings is 1. The van der Waals surface area contributed by atoms with Crippen molar-refractivity contribution in [2.45, 2.75) is 37.1 Å². The van der Waals surface area contributed by atoms with Gasteiger partial charge >= 0.3 is 5.97 Å². The van der Waals surface area contributed by atoms with Crippen LogP contribution < -0.4 is 0 Å². The van der Waals surface area contributed by atoms with Crippen molar-refractivity contribution < 1.29 is 9.90 Å². The average Bonchev–Trinajstić information content (AvgIpc) is 2.99. The molecule has 2 bridgehead atoms. The molecule has 3 heterocycles. The van der Waals surface area contributed by atoms with Gasteiger partial charge in [-0.25, -0.2) is 9.78 Å². The van der Waals surface area contributed by atoms with Gasteiger partial charge in [-0.15, -0.1) is 0 Å². The van der Waals surface area contributed by atoms with Gasteiger partial charge in [-0.2, -0.15) is 5.26 Å². The maximum absolute atomic E-state index is 11.4. The lowest BCUT2D eigenvalue weighted by molar-refractivity contribution is 0.0689. The number of thiocyanates is 1. The van der Waals surface area contributed by atoms with Gasteiger partial charge in [0.1, 0.15) is 11.1 Å².